The number of rotatable bonds is 9. The van der Waals surface area contributed by atoms with Crippen LogP contribution in [-0.4, -0.2) is 38.6 Å². The minimum Gasteiger partial charge on any atom is -0.497 e. The van der Waals surface area contributed by atoms with E-state index in [0.29, 0.717) is 6.54 Å². The Bertz CT molecular complexity index is 855. The van der Waals surface area contributed by atoms with Gasteiger partial charge in [0, 0.05) is 24.7 Å². The Hall–Kier alpha value is -3.54. The zero-order valence-corrected chi connectivity index (χ0v) is 16.8. The fourth-order valence-electron chi connectivity index (χ4n) is 2.43. The average molecular weight is 394 g/mol. The smallest absolute Gasteiger partial charge is 0.244 e. The lowest BCUT2D eigenvalue weighted by molar-refractivity contribution is -0.118. The number of methoxy groups -OCH3 is 2. The van der Waals surface area contributed by atoms with Crippen LogP contribution in [0.1, 0.15) is 18.1 Å². The van der Waals surface area contributed by atoms with Crippen molar-refractivity contribution in [1.82, 2.24) is 10.6 Å². The highest BCUT2D eigenvalue weighted by molar-refractivity contribution is 5.93. The molecule has 2 aromatic rings. The first-order chi connectivity index (χ1) is 14.0. The van der Waals surface area contributed by atoms with Gasteiger partial charge in [-0.05, 0) is 54.5 Å². The third kappa shape index (κ3) is 7.92. The van der Waals surface area contributed by atoms with Gasteiger partial charge in [0.2, 0.25) is 11.8 Å². The molecule has 0 aliphatic heterocycles. The predicted molar refractivity (Wildman–Crippen MR) is 115 cm³/mol. The summed E-state index contributed by atoms with van der Waals surface area (Å²) in [6, 6.07) is 14.6. The van der Waals surface area contributed by atoms with E-state index in [1.807, 2.05) is 55.5 Å². The molecule has 0 fully saturated rings. The van der Waals surface area contributed by atoms with E-state index in [1.165, 1.54) is 12.2 Å². The molecule has 29 heavy (non-hydrogen) atoms. The maximum atomic E-state index is 12.0. The molecule has 152 valence electrons. The van der Waals surface area contributed by atoms with E-state index in [4.69, 9.17) is 9.47 Å². The molecule has 0 spiro atoms. The van der Waals surface area contributed by atoms with Crippen LogP contribution in [-0.2, 0) is 9.59 Å². The molecule has 2 N–H and O–H groups in total. The summed E-state index contributed by atoms with van der Waals surface area (Å²) < 4.78 is 10.2. The SMILES string of the molecule is COc1ccc(/C=C\C(=O)N[C@@H](C)CNC(=O)/C=C/c2ccc(OC)cc2)cc1. The first-order valence-electron chi connectivity index (χ1n) is 9.22. The van der Waals surface area contributed by atoms with E-state index in [2.05, 4.69) is 10.6 Å². The molecule has 2 amide bonds. The molecule has 2 aromatic carbocycles. The number of hydrogen-bond acceptors (Lipinski definition) is 4. The molecule has 0 unspecified atom stereocenters. The third-order valence-electron chi connectivity index (χ3n) is 4.06. The predicted octanol–water partition coefficient (Wildman–Crippen LogP) is 3.05. The summed E-state index contributed by atoms with van der Waals surface area (Å²) in [5, 5.41) is 5.58. The normalized spacial score (nSPS) is 12.0. The molecule has 1 atom stereocenters. The average Bonchev–Trinajstić information content (AvgIpc) is 2.75. The molecule has 0 bridgehead atoms. The summed E-state index contributed by atoms with van der Waals surface area (Å²) >= 11 is 0. The van der Waals surface area contributed by atoms with Crippen molar-refractivity contribution in [2.75, 3.05) is 20.8 Å². The molecule has 0 radical (unpaired) electrons. The van der Waals surface area contributed by atoms with Crippen LogP contribution in [0.15, 0.2) is 60.7 Å². The summed E-state index contributed by atoms with van der Waals surface area (Å²) in [6.07, 6.45) is 6.36. The Balaban J connectivity index is 1.73. The lowest BCUT2D eigenvalue weighted by Crippen LogP contribution is -2.40. The first-order valence-corrected chi connectivity index (χ1v) is 9.22. The lowest BCUT2D eigenvalue weighted by Gasteiger charge is -2.12. The van der Waals surface area contributed by atoms with Crippen molar-refractivity contribution < 1.29 is 19.1 Å². The fourth-order valence-corrected chi connectivity index (χ4v) is 2.43. The van der Waals surface area contributed by atoms with Crippen molar-refractivity contribution >= 4 is 24.0 Å². The number of carbonyl (C=O) groups excluding carboxylic acids is 2. The lowest BCUT2D eigenvalue weighted by atomic mass is 10.2. The second-order valence-corrected chi connectivity index (χ2v) is 6.37. The van der Waals surface area contributed by atoms with E-state index in [-0.39, 0.29) is 17.9 Å². The van der Waals surface area contributed by atoms with Crippen LogP contribution >= 0.6 is 0 Å². The highest BCUT2D eigenvalue weighted by atomic mass is 16.5. The Labute approximate surface area is 171 Å². The zero-order valence-electron chi connectivity index (χ0n) is 16.8. The van der Waals surface area contributed by atoms with Crippen LogP contribution in [0, 0.1) is 0 Å². The molecule has 6 nitrogen and oxygen atoms in total. The molecule has 6 heteroatoms. The summed E-state index contributed by atoms with van der Waals surface area (Å²) in [6.45, 7) is 2.15. The van der Waals surface area contributed by atoms with Crippen LogP contribution in [0.5, 0.6) is 11.5 Å². The van der Waals surface area contributed by atoms with Crippen molar-refractivity contribution in [3.05, 3.63) is 71.8 Å². The summed E-state index contributed by atoms with van der Waals surface area (Å²) in [4.78, 5) is 23.9. The summed E-state index contributed by atoms with van der Waals surface area (Å²) in [5.74, 6) is 1.07. The molecule has 0 aliphatic carbocycles. The van der Waals surface area contributed by atoms with Gasteiger partial charge in [-0.25, -0.2) is 0 Å². The van der Waals surface area contributed by atoms with Gasteiger partial charge in [0.25, 0.3) is 0 Å². The van der Waals surface area contributed by atoms with Crippen molar-refractivity contribution in [1.29, 1.82) is 0 Å². The van der Waals surface area contributed by atoms with Gasteiger partial charge in [-0.2, -0.15) is 0 Å². The minimum atomic E-state index is -0.226. The van der Waals surface area contributed by atoms with Crippen LogP contribution in [0.3, 0.4) is 0 Å². The number of ether oxygens (including phenoxy) is 2. The molecular weight excluding hydrogens is 368 g/mol. The third-order valence-corrected chi connectivity index (χ3v) is 4.06. The van der Waals surface area contributed by atoms with Crippen LogP contribution < -0.4 is 20.1 Å². The van der Waals surface area contributed by atoms with E-state index in [1.54, 1.807) is 26.4 Å². The van der Waals surface area contributed by atoms with E-state index < -0.39 is 0 Å². The number of benzene rings is 2. The van der Waals surface area contributed by atoms with Gasteiger partial charge in [-0.3, -0.25) is 9.59 Å². The Morgan fingerprint density at radius 1 is 0.828 bits per heavy atom. The van der Waals surface area contributed by atoms with E-state index in [0.717, 1.165) is 22.6 Å². The second kappa shape index (κ2) is 11.3. The fraction of sp³-hybridized carbons (Fsp3) is 0.217. The molecular formula is C23H26N2O4. The maximum Gasteiger partial charge on any atom is 0.244 e. The highest BCUT2D eigenvalue weighted by Crippen LogP contribution is 2.13. The molecule has 0 saturated carbocycles. The topological polar surface area (TPSA) is 76.7 Å². The van der Waals surface area contributed by atoms with Gasteiger partial charge >= 0.3 is 0 Å². The van der Waals surface area contributed by atoms with Gasteiger partial charge in [-0.1, -0.05) is 24.3 Å². The summed E-state index contributed by atoms with van der Waals surface area (Å²) in [5.41, 5.74) is 1.79. The monoisotopic (exact) mass is 394 g/mol. The van der Waals surface area contributed by atoms with Gasteiger partial charge in [0.15, 0.2) is 0 Å². The van der Waals surface area contributed by atoms with Gasteiger partial charge in [0.1, 0.15) is 11.5 Å². The maximum absolute atomic E-state index is 12.0. The molecule has 0 heterocycles. The number of carbonyl (C=O) groups is 2. The van der Waals surface area contributed by atoms with E-state index >= 15 is 0 Å². The molecule has 0 saturated heterocycles. The standard InChI is InChI=1S/C23H26N2O4/c1-17(25-23(27)15-9-19-6-12-21(29-3)13-7-19)16-24-22(26)14-8-18-4-10-20(28-2)11-5-18/h4-15,17H,16H2,1-3H3,(H,24,26)(H,25,27)/b14-8+,15-9-/t17-/m0/s1. The van der Waals surface area contributed by atoms with Crippen molar-refractivity contribution in [2.24, 2.45) is 0 Å². The van der Waals surface area contributed by atoms with E-state index in [9.17, 15) is 9.59 Å². The molecule has 0 aliphatic rings. The second-order valence-electron chi connectivity index (χ2n) is 6.37. The number of amides is 2. The minimum absolute atomic E-state index is 0.207. The van der Waals surface area contributed by atoms with Gasteiger partial charge in [0.05, 0.1) is 14.2 Å². The quantitative estimate of drug-likeness (QED) is 0.641. The van der Waals surface area contributed by atoms with Gasteiger partial charge in [-0.15, -0.1) is 0 Å². The largest absolute Gasteiger partial charge is 0.497 e. The zero-order chi connectivity index (χ0) is 21.1. The molecule has 0 aromatic heterocycles. The summed E-state index contributed by atoms with van der Waals surface area (Å²) in [7, 11) is 3.21. The van der Waals surface area contributed by atoms with Crippen molar-refractivity contribution in [2.45, 2.75) is 13.0 Å². The van der Waals surface area contributed by atoms with Crippen LogP contribution in [0.4, 0.5) is 0 Å². The van der Waals surface area contributed by atoms with Crippen molar-refractivity contribution in [3.63, 3.8) is 0 Å². The molecule has 2 rings (SSSR count). The van der Waals surface area contributed by atoms with Crippen LogP contribution in [0.25, 0.3) is 12.2 Å². The Kier molecular flexibility index (Phi) is 8.51. The van der Waals surface area contributed by atoms with Gasteiger partial charge < -0.3 is 20.1 Å². The first kappa shape index (κ1) is 21.8. The van der Waals surface area contributed by atoms with Crippen molar-refractivity contribution in [3.8, 4) is 11.5 Å². The number of hydrogen-bond donors (Lipinski definition) is 2. The Morgan fingerprint density at radius 3 is 1.72 bits per heavy atom. The highest BCUT2D eigenvalue weighted by Gasteiger charge is 2.06. The van der Waals surface area contributed by atoms with Crippen LogP contribution in [0.2, 0.25) is 0 Å². The Morgan fingerprint density at radius 2 is 1.28 bits per heavy atom. The number of nitrogens with one attached hydrogen (secondary N) is 2.